The van der Waals surface area contributed by atoms with Crippen molar-refractivity contribution in [3.63, 3.8) is 0 Å². The molecule has 2 aliphatic heterocycles. The lowest BCUT2D eigenvalue weighted by molar-refractivity contribution is 0.310. The highest BCUT2D eigenvalue weighted by Gasteiger charge is 2.49. The summed E-state index contributed by atoms with van der Waals surface area (Å²) in [4.78, 5) is 0. The van der Waals surface area contributed by atoms with Crippen molar-refractivity contribution in [3.8, 4) is 0 Å². The molecule has 4 atom stereocenters. The van der Waals surface area contributed by atoms with Crippen LogP contribution in [0.15, 0.2) is 0 Å². The molecule has 2 saturated heterocycles. The van der Waals surface area contributed by atoms with E-state index < -0.39 is 0 Å². The number of nitrogens with one attached hydrogen (secondary N) is 4. The third-order valence-electron chi connectivity index (χ3n) is 2.98. The second-order valence-electron chi connectivity index (χ2n) is 3.45. The van der Waals surface area contributed by atoms with E-state index in [2.05, 4.69) is 21.7 Å². The maximum Gasteiger partial charge on any atom is 0.0436 e. The first-order valence-corrected chi connectivity index (χ1v) is 3.94. The molecule has 4 N–H and O–H groups in total. The molecular weight excluding hydrogens is 128 g/mol. The Balaban J connectivity index is 1.92. The fraction of sp³-hybridized carbons (Fsp3) is 1.00. The first-order chi connectivity index (χ1) is 4.95. The first-order valence-electron chi connectivity index (χ1n) is 3.94. The summed E-state index contributed by atoms with van der Waals surface area (Å²) in [5.74, 6) is 0.811. The van der Waals surface area contributed by atoms with Crippen LogP contribution < -0.4 is 21.7 Å². The Morgan fingerprint density at radius 3 is 2.80 bits per heavy atom. The van der Waals surface area contributed by atoms with Crippen molar-refractivity contribution < 1.29 is 0 Å². The Hall–Kier alpha value is -0.160. The molecule has 3 fully saturated rings. The molecule has 3 rings (SSSR count). The zero-order valence-corrected chi connectivity index (χ0v) is 5.72. The quantitative estimate of drug-likeness (QED) is 0.325. The van der Waals surface area contributed by atoms with Gasteiger partial charge < -0.3 is 0 Å². The van der Waals surface area contributed by atoms with Crippen LogP contribution in [0.2, 0.25) is 0 Å². The van der Waals surface area contributed by atoms with Gasteiger partial charge in [-0.3, -0.25) is 21.7 Å². The molecule has 2 bridgehead atoms. The molecule has 1 saturated carbocycles. The van der Waals surface area contributed by atoms with Crippen LogP contribution in [0.5, 0.6) is 0 Å². The van der Waals surface area contributed by atoms with Gasteiger partial charge in [0.05, 0.1) is 0 Å². The molecule has 0 amide bonds. The largest absolute Gasteiger partial charge is 0.257 e. The molecule has 4 nitrogen and oxygen atoms in total. The van der Waals surface area contributed by atoms with Crippen molar-refractivity contribution in [2.75, 3.05) is 6.54 Å². The first kappa shape index (κ1) is 5.49. The van der Waals surface area contributed by atoms with Crippen molar-refractivity contribution in [2.24, 2.45) is 5.92 Å². The molecule has 56 valence electrons. The summed E-state index contributed by atoms with van der Waals surface area (Å²) in [6, 6.07) is 2.04. The van der Waals surface area contributed by atoms with E-state index in [0.29, 0.717) is 18.1 Å². The van der Waals surface area contributed by atoms with Crippen molar-refractivity contribution in [2.45, 2.75) is 24.5 Å². The fourth-order valence-electron chi connectivity index (χ4n) is 2.44. The summed E-state index contributed by atoms with van der Waals surface area (Å²) in [6.07, 6.45) is 1.30. The molecule has 0 aromatic carbocycles. The molecule has 0 aromatic rings. The predicted molar refractivity (Wildman–Crippen MR) is 36.9 cm³/mol. The third-order valence-corrected chi connectivity index (χ3v) is 2.98. The maximum absolute atomic E-state index is 3.30. The predicted octanol–water partition coefficient (Wildman–Crippen LogP) is -1.67. The third kappa shape index (κ3) is 0.509. The van der Waals surface area contributed by atoms with E-state index in [9.17, 15) is 0 Å². The van der Waals surface area contributed by atoms with Crippen molar-refractivity contribution in [1.82, 2.24) is 21.7 Å². The lowest BCUT2D eigenvalue weighted by atomic mass is 10.0. The molecule has 3 aliphatic rings. The minimum absolute atomic E-state index is 0.657. The van der Waals surface area contributed by atoms with Crippen molar-refractivity contribution >= 4 is 0 Å². The number of rotatable bonds is 0. The van der Waals surface area contributed by atoms with E-state index in [1.807, 2.05) is 0 Å². The second-order valence-corrected chi connectivity index (χ2v) is 3.45. The average molecular weight is 140 g/mol. The fourth-order valence-corrected chi connectivity index (χ4v) is 2.44. The summed E-state index contributed by atoms with van der Waals surface area (Å²) >= 11 is 0. The van der Waals surface area contributed by atoms with Crippen LogP contribution >= 0.6 is 0 Å². The van der Waals surface area contributed by atoms with Crippen LogP contribution in [-0.4, -0.2) is 24.7 Å². The van der Waals surface area contributed by atoms with E-state index in [0.717, 1.165) is 12.5 Å². The highest BCUT2D eigenvalue weighted by atomic mass is 15.5. The smallest absolute Gasteiger partial charge is 0.0436 e. The van der Waals surface area contributed by atoms with Gasteiger partial charge in [0.2, 0.25) is 0 Å². The Morgan fingerprint density at radius 1 is 1.00 bits per heavy atom. The topological polar surface area (TPSA) is 48.1 Å². The monoisotopic (exact) mass is 140 g/mol. The van der Waals surface area contributed by atoms with E-state index >= 15 is 0 Å². The molecule has 0 radical (unpaired) electrons. The van der Waals surface area contributed by atoms with Crippen molar-refractivity contribution in [1.29, 1.82) is 0 Å². The molecule has 1 aliphatic carbocycles. The standard InChI is InChI=1S/C6H12N4/c1-4-3-2-7-10-6(3)5(1)9-8-4/h3-10H,1-2H2/t3-,4-,5-,6+/m1/s1. The molecular formula is C6H12N4. The van der Waals surface area contributed by atoms with Gasteiger partial charge >= 0.3 is 0 Å². The van der Waals surface area contributed by atoms with Gasteiger partial charge in [-0.25, -0.2) is 0 Å². The van der Waals surface area contributed by atoms with Crippen LogP contribution in [0.4, 0.5) is 0 Å². The summed E-state index contributed by atoms with van der Waals surface area (Å²) < 4.78 is 0. The van der Waals surface area contributed by atoms with Gasteiger partial charge in [-0.05, 0) is 6.42 Å². The van der Waals surface area contributed by atoms with Gasteiger partial charge in [-0.1, -0.05) is 0 Å². The van der Waals surface area contributed by atoms with Gasteiger partial charge in [0.25, 0.3) is 0 Å². The summed E-state index contributed by atoms with van der Waals surface area (Å²) in [7, 11) is 0. The minimum atomic E-state index is 0.657. The maximum atomic E-state index is 3.30. The average Bonchev–Trinajstić information content (AvgIpc) is 2.60. The Kier molecular flexibility index (Phi) is 0.936. The minimum Gasteiger partial charge on any atom is -0.257 e. The van der Waals surface area contributed by atoms with Crippen LogP contribution in [0.3, 0.4) is 0 Å². The Morgan fingerprint density at radius 2 is 1.90 bits per heavy atom. The van der Waals surface area contributed by atoms with Gasteiger partial charge in [-0.15, -0.1) is 0 Å². The van der Waals surface area contributed by atoms with Crippen LogP contribution in [0.25, 0.3) is 0 Å². The van der Waals surface area contributed by atoms with E-state index in [4.69, 9.17) is 0 Å². The van der Waals surface area contributed by atoms with Gasteiger partial charge in [0, 0.05) is 30.6 Å². The lowest BCUT2D eigenvalue weighted by Crippen LogP contribution is -2.53. The van der Waals surface area contributed by atoms with Crippen LogP contribution in [0, 0.1) is 5.92 Å². The van der Waals surface area contributed by atoms with E-state index in [-0.39, 0.29) is 0 Å². The summed E-state index contributed by atoms with van der Waals surface area (Å²) in [6.45, 7) is 1.13. The normalized spacial score (nSPS) is 57.6. The number of fused-ring (bicyclic) bond motifs is 5. The highest BCUT2D eigenvalue weighted by molar-refractivity contribution is 5.08. The van der Waals surface area contributed by atoms with Gasteiger partial charge in [0.15, 0.2) is 0 Å². The number of hydrogen-bond acceptors (Lipinski definition) is 4. The molecule has 0 spiro atoms. The van der Waals surface area contributed by atoms with Gasteiger partial charge in [-0.2, -0.15) is 0 Å². The molecule has 10 heavy (non-hydrogen) atoms. The highest BCUT2D eigenvalue weighted by Crippen LogP contribution is 2.31. The summed E-state index contributed by atoms with van der Waals surface area (Å²) in [5.41, 5.74) is 13.1. The zero-order chi connectivity index (χ0) is 6.55. The zero-order valence-electron chi connectivity index (χ0n) is 5.72. The van der Waals surface area contributed by atoms with Crippen molar-refractivity contribution in [3.05, 3.63) is 0 Å². The second kappa shape index (κ2) is 1.71. The molecule has 0 unspecified atom stereocenters. The molecule has 0 aromatic heterocycles. The Bertz CT molecular complexity index is 144. The van der Waals surface area contributed by atoms with Gasteiger partial charge in [0.1, 0.15) is 0 Å². The lowest BCUT2D eigenvalue weighted by Gasteiger charge is -2.24. The van der Waals surface area contributed by atoms with Crippen LogP contribution in [0.1, 0.15) is 6.42 Å². The molecule has 4 heteroatoms. The molecule has 2 heterocycles. The SMILES string of the molecule is C1NN[C@H]2[C@H]1[C@H]1C[C@H]2NN1. The Labute approximate surface area is 59.7 Å². The number of hydrazine groups is 2. The van der Waals surface area contributed by atoms with E-state index in [1.54, 1.807) is 0 Å². The van der Waals surface area contributed by atoms with Crippen LogP contribution in [-0.2, 0) is 0 Å². The number of hydrogen-bond donors (Lipinski definition) is 4. The summed E-state index contributed by atoms with van der Waals surface area (Å²) in [5, 5.41) is 0. The van der Waals surface area contributed by atoms with E-state index in [1.165, 1.54) is 6.42 Å².